The van der Waals surface area contributed by atoms with Gasteiger partial charge in [-0.1, -0.05) is 19.1 Å². The number of rotatable bonds is 6. The molecule has 1 unspecified atom stereocenters. The number of carbonyl (C=O) groups excluding carboxylic acids is 2. The number of para-hydroxylation sites is 2. The average molecular weight is 372 g/mol. The lowest BCUT2D eigenvalue weighted by Gasteiger charge is -2.26. The Labute approximate surface area is 159 Å². The summed E-state index contributed by atoms with van der Waals surface area (Å²) in [6.45, 7) is 3.63. The lowest BCUT2D eigenvalue weighted by molar-refractivity contribution is -0.142. The van der Waals surface area contributed by atoms with Crippen LogP contribution in [0.25, 0.3) is 11.0 Å². The predicted molar refractivity (Wildman–Crippen MR) is 105 cm³/mol. The SMILES string of the molecule is CCCn1c(=O)n(CCC(=O)N2CCCC2C(=O)N(C)C)c2ccccc21. The molecule has 1 aromatic carbocycles. The maximum atomic E-state index is 12.8. The number of aromatic nitrogens is 2. The average Bonchev–Trinajstić information content (AvgIpc) is 3.24. The topological polar surface area (TPSA) is 67.5 Å². The zero-order chi connectivity index (χ0) is 19.6. The largest absolute Gasteiger partial charge is 0.347 e. The van der Waals surface area contributed by atoms with E-state index >= 15 is 0 Å². The first kappa shape index (κ1) is 19.2. The first-order chi connectivity index (χ1) is 13.0. The molecule has 0 bridgehead atoms. The van der Waals surface area contributed by atoms with Gasteiger partial charge in [-0.3, -0.25) is 18.7 Å². The molecule has 1 aromatic heterocycles. The third kappa shape index (κ3) is 3.63. The number of aryl methyl sites for hydroxylation is 2. The molecular weight excluding hydrogens is 344 g/mol. The van der Waals surface area contributed by atoms with Gasteiger partial charge >= 0.3 is 5.69 Å². The molecule has 0 spiro atoms. The van der Waals surface area contributed by atoms with Crippen molar-refractivity contribution in [3.8, 4) is 0 Å². The smallest absolute Gasteiger partial charge is 0.329 e. The van der Waals surface area contributed by atoms with E-state index in [1.54, 1.807) is 33.0 Å². The van der Waals surface area contributed by atoms with Gasteiger partial charge in [-0.05, 0) is 31.4 Å². The Bertz CT molecular complexity index is 896. The number of benzene rings is 1. The summed E-state index contributed by atoms with van der Waals surface area (Å²) in [6.07, 6.45) is 2.64. The van der Waals surface area contributed by atoms with E-state index in [1.807, 2.05) is 31.2 Å². The maximum absolute atomic E-state index is 12.8. The second-order valence-electron chi connectivity index (χ2n) is 7.30. The third-order valence-electron chi connectivity index (χ3n) is 5.22. The zero-order valence-electron chi connectivity index (χ0n) is 16.4. The number of likely N-dealkylation sites (tertiary alicyclic amines) is 1. The van der Waals surface area contributed by atoms with E-state index in [4.69, 9.17) is 0 Å². The van der Waals surface area contributed by atoms with Gasteiger partial charge in [0.05, 0.1) is 11.0 Å². The Balaban J connectivity index is 1.79. The van der Waals surface area contributed by atoms with Gasteiger partial charge in [-0.25, -0.2) is 4.79 Å². The van der Waals surface area contributed by atoms with Gasteiger partial charge in [-0.2, -0.15) is 0 Å². The fourth-order valence-electron chi connectivity index (χ4n) is 3.90. The van der Waals surface area contributed by atoms with E-state index in [9.17, 15) is 14.4 Å². The minimum Gasteiger partial charge on any atom is -0.347 e. The Morgan fingerprint density at radius 3 is 2.33 bits per heavy atom. The van der Waals surface area contributed by atoms with Gasteiger partial charge in [0.25, 0.3) is 0 Å². The van der Waals surface area contributed by atoms with Crippen molar-refractivity contribution in [3.63, 3.8) is 0 Å². The molecular formula is C20H28N4O3. The minimum atomic E-state index is -0.370. The van der Waals surface area contributed by atoms with Gasteiger partial charge in [0.15, 0.2) is 0 Å². The van der Waals surface area contributed by atoms with Crippen molar-refractivity contribution >= 4 is 22.8 Å². The summed E-state index contributed by atoms with van der Waals surface area (Å²) in [4.78, 5) is 41.1. The van der Waals surface area contributed by atoms with E-state index < -0.39 is 0 Å². The van der Waals surface area contributed by atoms with Crippen LogP contribution in [0.5, 0.6) is 0 Å². The highest BCUT2D eigenvalue weighted by Gasteiger charge is 2.34. The first-order valence-electron chi connectivity index (χ1n) is 9.64. The van der Waals surface area contributed by atoms with E-state index in [1.165, 1.54) is 0 Å². The molecule has 1 aliphatic rings. The summed E-state index contributed by atoms with van der Waals surface area (Å²) in [5.41, 5.74) is 1.68. The van der Waals surface area contributed by atoms with Gasteiger partial charge < -0.3 is 9.80 Å². The number of amides is 2. The van der Waals surface area contributed by atoms with Crippen LogP contribution in [0.1, 0.15) is 32.6 Å². The number of hydrogen-bond acceptors (Lipinski definition) is 3. The van der Waals surface area contributed by atoms with Crippen LogP contribution in [0.3, 0.4) is 0 Å². The van der Waals surface area contributed by atoms with Crippen LogP contribution in [-0.2, 0) is 22.7 Å². The lowest BCUT2D eigenvalue weighted by Crippen LogP contribution is -2.45. The highest BCUT2D eigenvalue weighted by atomic mass is 16.2. The normalized spacial score (nSPS) is 16.9. The van der Waals surface area contributed by atoms with Gasteiger partial charge in [-0.15, -0.1) is 0 Å². The van der Waals surface area contributed by atoms with Crippen molar-refractivity contribution in [3.05, 3.63) is 34.7 Å². The molecule has 1 aliphatic heterocycles. The van der Waals surface area contributed by atoms with Crippen LogP contribution >= 0.6 is 0 Å². The van der Waals surface area contributed by atoms with E-state index in [0.29, 0.717) is 26.1 Å². The molecule has 1 fully saturated rings. The van der Waals surface area contributed by atoms with Gasteiger partial charge in [0, 0.05) is 40.2 Å². The van der Waals surface area contributed by atoms with Crippen LogP contribution < -0.4 is 5.69 Å². The monoisotopic (exact) mass is 372 g/mol. The van der Waals surface area contributed by atoms with E-state index in [0.717, 1.165) is 23.9 Å². The zero-order valence-corrected chi connectivity index (χ0v) is 16.4. The summed E-state index contributed by atoms with van der Waals surface area (Å²) in [5, 5.41) is 0. The molecule has 0 saturated carbocycles. The Hall–Kier alpha value is -2.57. The fourth-order valence-corrected chi connectivity index (χ4v) is 3.90. The molecule has 7 heteroatoms. The first-order valence-corrected chi connectivity index (χ1v) is 9.64. The maximum Gasteiger partial charge on any atom is 0.329 e. The van der Waals surface area contributed by atoms with Crippen LogP contribution in [0.4, 0.5) is 0 Å². The highest BCUT2D eigenvalue weighted by Crippen LogP contribution is 2.20. The number of hydrogen-bond donors (Lipinski definition) is 0. The standard InChI is InChI=1S/C20H28N4O3/c1-4-12-23-15-8-5-6-9-16(15)24(20(23)27)14-11-18(25)22-13-7-10-17(22)19(26)21(2)3/h5-6,8-9,17H,4,7,10-14H2,1-3H3. The van der Waals surface area contributed by atoms with Crippen molar-refractivity contribution in [2.75, 3.05) is 20.6 Å². The molecule has 1 atom stereocenters. The molecule has 2 amide bonds. The van der Waals surface area contributed by atoms with Crippen molar-refractivity contribution < 1.29 is 9.59 Å². The van der Waals surface area contributed by atoms with Crippen molar-refractivity contribution in [1.82, 2.24) is 18.9 Å². The molecule has 0 N–H and O–H groups in total. The van der Waals surface area contributed by atoms with Crippen molar-refractivity contribution in [2.24, 2.45) is 0 Å². The number of imidazole rings is 1. The molecule has 146 valence electrons. The molecule has 3 rings (SSSR count). The third-order valence-corrected chi connectivity index (χ3v) is 5.22. The Morgan fingerprint density at radius 2 is 1.74 bits per heavy atom. The van der Waals surface area contributed by atoms with Crippen LogP contribution in [-0.4, -0.2) is 57.4 Å². The number of fused-ring (bicyclic) bond motifs is 1. The van der Waals surface area contributed by atoms with E-state index in [2.05, 4.69) is 0 Å². The summed E-state index contributed by atoms with van der Waals surface area (Å²) in [5.74, 6) is -0.0931. The molecule has 1 saturated heterocycles. The van der Waals surface area contributed by atoms with Crippen molar-refractivity contribution in [2.45, 2.75) is 51.7 Å². The summed E-state index contributed by atoms with van der Waals surface area (Å²) >= 11 is 0. The number of nitrogens with zero attached hydrogens (tertiary/aromatic N) is 4. The molecule has 7 nitrogen and oxygen atoms in total. The molecule has 27 heavy (non-hydrogen) atoms. The van der Waals surface area contributed by atoms with E-state index in [-0.39, 0.29) is 30.0 Å². The summed E-state index contributed by atoms with van der Waals surface area (Å²) in [7, 11) is 3.43. The fraction of sp³-hybridized carbons (Fsp3) is 0.550. The minimum absolute atomic E-state index is 0.0300. The molecule has 0 aliphatic carbocycles. The lowest BCUT2D eigenvalue weighted by atomic mass is 10.2. The highest BCUT2D eigenvalue weighted by molar-refractivity contribution is 5.88. The molecule has 2 aromatic rings. The summed E-state index contributed by atoms with van der Waals surface area (Å²) < 4.78 is 3.45. The second kappa shape index (κ2) is 7.98. The second-order valence-corrected chi connectivity index (χ2v) is 7.30. The van der Waals surface area contributed by atoms with Crippen LogP contribution in [0.2, 0.25) is 0 Å². The number of carbonyl (C=O) groups is 2. The van der Waals surface area contributed by atoms with Crippen LogP contribution in [0, 0.1) is 0 Å². The summed E-state index contributed by atoms with van der Waals surface area (Å²) in [6, 6.07) is 7.32. The Kier molecular flexibility index (Phi) is 5.68. The molecule has 0 radical (unpaired) electrons. The van der Waals surface area contributed by atoms with Crippen molar-refractivity contribution in [1.29, 1.82) is 0 Å². The Morgan fingerprint density at radius 1 is 1.11 bits per heavy atom. The van der Waals surface area contributed by atoms with Crippen LogP contribution in [0.15, 0.2) is 29.1 Å². The molecule has 2 heterocycles. The number of likely N-dealkylation sites (N-methyl/N-ethyl adjacent to an activating group) is 1. The van der Waals surface area contributed by atoms with Gasteiger partial charge in [0.2, 0.25) is 11.8 Å². The quantitative estimate of drug-likeness (QED) is 0.775. The van der Waals surface area contributed by atoms with Gasteiger partial charge in [0.1, 0.15) is 6.04 Å². The predicted octanol–water partition coefficient (Wildman–Crippen LogP) is 1.68.